The summed E-state index contributed by atoms with van der Waals surface area (Å²) in [5.41, 5.74) is 0.302. The van der Waals surface area contributed by atoms with Gasteiger partial charge in [-0.25, -0.2) is 4.79 Å². The number of morpholine rings is 1. The molecule has 1 saturated heterocycles. The number of carbonyl (C=O) groups excluding carboxylic acids is 3. The first-order chi connectivity index (χ1) is 12.1. The Morgan fingerprint density at radius 1 is 1.44 bits per heavy atom. The predicted octanol–water partition coefficient (Wildman–Crippen LogP) is 1.19. The Morgan fingerprint density at radius 3 is 2.92 bits per heavy atom. The maximum Gasteiger partial charge on any atom is 0.340 e. The Balaban J connectivity index is 1.56. The molecule has 2 aliphatic rings. The number of thiophene rings is 1. The molecule has 1 aromatic rings. The highest BCUT2D eigenvalue weighted by molar-refractivity contribution is 8.15. The van der Waals surface area contributed by atoms with Gasteiger partial charge in [0.05, 0.1) is 25.9 Å². The lowest BCUT2D eigenvalue weighted by Gasteiger charge is -2.27. The molecule has 0 saturated carbocycles. The van der Waals surface area contributed by atoms with E-state index in [2.05, 4.69) is 15.0 Å². The van der Waals surface area contributed by atoms with Crippen molar-refractivity contribution in [3.05, 3.63) is 17.0 Å². The zero-order chi connectivity index (χ0) is 17.8. The van der Waals surface area contributed by atoms with E-state index in [1.807, 2.05) is 4.90 Å². The van der Waals surface area contributed by atoms with E-state index < -0.39 is 11.2 Å². The van der Waals surface area contributed by atoms with Crippen molar-refractivity contribution in [3.8, 4) is 0 Å². The van der Waals surface area contributed by atoms with Crippen LogP contribution in [0.25, 0.3) is 0 Å². The van der Waals surface area contributed by atoms with Gasteiger partial charge in [-0.05, 0) is 11.4 Å². The molecule has 25 heavy (non-hydrogen) atoms. The SMILES string of the molecule is COC(=O)c1ccsc1NC(=O)C[C@@H]1SC(N2CCOCC2)=NC1=O. The molecular formula is C15H17N3O5S2. The van der Waals surface area contributed by atoms with Gasteiger partial charge in [-0.15, -0.1) is 11.3 Å². The molecule has 3 heterocycles. The van der Waals surface area contributed by atoms with Crippen LogP contribution >= 0.6 is 23.1 Å². The first kappa shape index (κ1) is 17.9. The molecule has 3 rings (SSSR count). The molecule has 8 nitrogen and oxygen atoms in total. The molecule has 134 valence electrons. The number of ether oxygens (including phenoxy) is 2. The van der Waals surface area contributed by atoms with Crippen LogP contribution in [-0.2, 0) is 19.1 Å². The molecule has 0 unspecified atom stereocenters. The second-order valence-electron chi connectivity index (χ2n) is 5.35. The van der Waals surface area contributed by atoms with Gasteiger partial charge >= 0.3 is 5.97 Å². The highest BCUT2D eigenvalue weighted by Crippen LogP contribution is 2.29. The topological polar surface area (TPSA) is 97.3 Å². The number of esters is 1. The summed E-state index contributed by atoms with van der Waals surface area (Å²) in [6.07, 6.45) is -0.000642. The van der Waals surface area contributed by atoms with Crippen molar-refractivity contribution in [2.75, 3.05) is 38.7 Å². The molecule has 1 atom stereocenters. The summed E-state index contributed by atoms with van der Waals surface area (Å²) in [4.78, 5) is 42.0. The summed E-state index contributed by atoms with van der Waals surface area (Å²) >= 11 is 2.53. The summed E-state index contributed by atoms with van der Waals surface area (Å²) in [5, 5.41) is 4.89. The normalized spacial score (nSPS) is 20.4. The van der Waals surface area contributed by atoms with Crippen molar-refractivity contribution >= 4 is 51.1 Å². The first-order valence-corrected chi connectivity index (χ1v) is 9.42. The highest BCUT2D eigenvalue weighted by atomic mass is 32.2. The molecule has 10 heteroatoms. The number of carbonyl (C=O) groups is 3. The Morgan fingerprint density at radius 2 is 2.20 bits per heavy atom. The Bertz CT molecular complexity index is 712. The molecule has 2 aliphatic heterocycles. The first-order valence-electron chi connectivity index (χ1n) is 7.66. The molecule has 0 aliphatic carbocycles. The van der Waals surface area contributed by atoms with Crippen molar-refractivity contribution < 1.29 is 23.9 Å². The van der Waals surface area contributed by atoms with E-state index >= 15 is 0 Å². The van der Waals surface area contributed by atoms with E-state index in [1.165, 1.54) is 30.2 Å². The number of amidine groups is 1. The second kappa shape index (κ2) is 7.98. The van der Waals surface area contributed by atoms with Gasteiger partial charge in [-0.3, -0.25) is 9.59 Å². The smallest absolute Gasteiger partial charge is 0.340 e. The number of nitrogens with zero attached hydrogens (tertiary/aromatic N) is 2. The Labute approximate surface area is 152 Å². The second-order valence-corrected chi connectivity index (χ2v) is 7.43. The minimum Gasteiger partial charge on any atom is -0.465 e. The fourth-order valence-electron chi connectivity index (χ4n) is 2.42. The van der Waals surface area contributed by atoms with Gasteiger partial charge in [0.2, 0.25) is 5.91 Å². The van der Waals surface area contributed by atoms with Gasteiger partial charge in [0.25, 0.3) is 5.91 Å². The summed E-state index contributed by atoms with van der Waals surface area (Å²) in [5.74, 6) is -1.15. The van der Waals surface area contributed by atoms with Crippen LogP contribution in [0.15, 0.2) is 16.4 Å². The summed E-state index contributed by atoms with van der Waals surface area (Å²) in [6.45, 7) is 2.59. The zero-order valence-corrected chi connectivity index (χ0v) is 15.2. The number of amides is 2. The number of aliphatic imine (C=N–C) groups is 1. The summed E-state index contributed by atoms with van der Waals surface area (Å²) < 4.78 is 9.96. The standard InChI is InChI=1S/C15H17N3O5S2/c1-22-14(21)9-2-7-24-13(9)16-11(19)8-10-12(20)17-15(25-10)18-3-5-23-6-4-18/h2,7,10H,3-6,8H2,1H3,(H,16,19)/t10-/m0/s1. The summed E-state index contributed by atoms with van der Waals surface area (Å²) in [7, 11) is 1.28. The molecule has 0 aromatic carbocycles. The number of hydrogen-bond acceptors (Lipinski definition) is 8. The Hall–Kier alpha value is -1.91. The van der Waals surface area contributed by atoms with Crippen LogP contribution in [0.2, 0.25) is 0 Å². The van der Waals surface area contributed by atoms with Gasteiger partial charge < -0.3 is 19.7 Å². The van der Waals surface area contributed by atoms with Crippen LogP contribution in [0.4, 0.5) is 5.00 Å². The number of rotatable bonds is 4. The number of methoxy groups -OCH3 is 1. The maximum atomic E-state index is 12.3. The monoisotopic (exact) mass is 383 g/mol. The number of thioether (sulfide) groups is 1. The third kappa shape index (κ3) is 4.20. The van der Waals surface area contributed by atoms with Gasteiger partial charge in [0.15, 0.2) is 5.17 Å². The number of nitrogens with one attached hydrogen (secondary N) is 1. The van der Waals surface area contributed by atoms with E-state index in [0.717, 1.165) is 0 Å². The van der Waals surface area contributed by atoms with Crippen LogP contribution in [0.1, 0.15) is 16.8 Å². The van der Waals surface area contributed by atoms with E-state index in [9.17, 15) is 14.4 Å². The minimum absolute atomic E-state index is 0.000642. The third-order valence-electron chi connectivity index (χ3n) is 3.70. The van der Waals surface area contributed by atoms with Crippen LogP contribution in [0.5, 0.6) is 0 Å². The fraction of sp³-hybridized carbons (Fsp3) is 0.467. The lowest BCUT2D eigenvalue weighted by Crippen LogP contribution is -2.39. The maximum absolute atomic E-state index is 12.3. The van der Waals surface area contributed by atoms with E-state index in [0.29, 0.717) is 42.0 Å². The minimum atomic E-state index is -0.542. The molecule has 1 fully saturated rings. The highest BCUT2D eigenvalue weighted by Gasteiger charge is 2.33. The molecular weight excluding hydrogens is 366 g/mol. The Kier molecular flexibility index (Phi) is 5.71. The summed E-state index contributed by atoms with van der Waals surface area (Å²) in [6, 6.07) is 1.58. The molecule has 1 N–H and O–H groups in total. The van der Waals surface area contributed by atoms with Crippen molar-refractivity contribution in [1.29, 1.82) is 0 Å². The zero-order valence-electron chi connectivity index (χ0n) is 13.5. The van der Waals surface area contributed by atoms with Gasteiger partial charge in [0.1, 0.15) is 10.3 Å². The lowest BCUT2D eigenvalue weighted by atomic mass is 10.2. The van der Waals surface area contributed by atoms with Crippen molar-refractivity contribution in [2.45, 2.75) is 11.7 Å². The third-order valence-corrected chi connectivity index (χ3v) is 5.75. The van der Waals surface area contributed by atoms with Crippen molar-refractivity contribution in [3.63, 3.8) is 0 Å². The molecule has 2 amide bonds. The van der Waals surface area contributed by atoms with Gasteiger partial charge in [0, 0.05) is 19.5 Å². The van der Waals surface area contributed by atoms with Crippen LogP contribution in [0, 0.1) is 0 Å². The predicted molar refractivity (Wildman–Crippen MR) is 95.1 cm³/mol. The van der Waals surface area contributed by atoms with E-state index in [1.54, 1.807) is 11.4 Å². The van der Waals surface area contributed by atoms with Crippen LogP contribution in [-0.4, -0.2) is 66.5 Å². The van der Waals surface area contributed by atoms with Crippen LogP contribution in [0.3, 0.4) is 0 Å². The molecule has 0 bridgehead atoms. The molecule has 1 aromatic heterocycles. The lowest BCUT2D eigenvalue weighted by molar-refractivity contribution is -0.121. The largest absolute Gasteiger partial charge is 0.465 e. The van der Waals surface area contributed by atoms with Crippen molar-refractivity contribution in [1.82, 2.24) is 4.90 Å². The van der Waals surface area contributed by atoms with E-state index in [-0.39, 0.29) is 18.2 Å². The van der Waals surface area contributed by atoms with E-state index in [4.69, 9.17) is 4.74 Å². The average molecular weight is 383 g/mol. The van der Waals surface area contributed by atoms with Gasteiger partial charge in [-0.1, -0.05) is 11.8 Å². The molecule has 0 spiro atoms. The fourth-order valence-corrected chi connectivity index (χ4v) is 4.33. The molecule has 0 radical (unpaired) electrons. The van der Waals surface area contributed by atoms with Crippen LogP contribution < -0.4 is 5.32 Å². The number of hydrogen-bond donors (Lipinski definition) is 1. The quantitative estimate of drug-likeness (QED) is 0.780. The van der Waals surface area contributed by atoms with Gasteiger partial charge in [-0.2, -0.15) is 4.99 Å². The van der Waals surface area contributed by atoms with Crippen molar-refractivity contribution in [2.24, 2.45) is 4.99 Å². The average Bonchev–Trinajstić information content (AvgIpc) is 3.22. The number of anilines is 1.